The largest absolute Gasteiger partial charge is 0.480 e. The van der Waals surface area contributed by atoms with Crippen molar-refractivity contribution in [3.05, 3.63) is 18.0 Å². The molecular weight excluding hydrogens is 276 g/mol. The molecule has 1 atom stereocenters. The van der Waals surface area contributed by atoms with E-state index in [4.69, 9.17) is 9.84 Å². The second-order valence-electron chi connectivity index (χ2n) is 4.85. The third-order valence-corrected chi connectivity index (χ3v) is 2.96. The maximum absolute atomic E-state index is 12.0. The van der Waals surface area contributed by atoms with Gasteiger partial charge in [0.05, 0.1) is 12.7 Å². The molecule has 1 aromatic rings. The van der Waals surface area contributed by atoms with E-state index in [0.717, 1.165) is 5.56 Å². The number of methoxy groups -OCH3 is 1. The Kier molecular flexibility index (Phi) is 6.67. The van der Waals surface area contributed by atoms with Gasteiger partial charge in [-0.1, -0.05) is 0 Å². The van der Waals surface area contributed by atoms with Crippen LogP contribution in [-0.4, -0.2) is 58.6 Å². The average Bonchev–Trinajstić information content (AvgIpc) is 2.82. The Bertz CT molecular complexity index is 474. The lowest BCUT2D eigenvalue weighted by atomic mass is 10.1. The quantitative estimate of drug-likeness (QED) is 0.679. The molecule has 1 unspecified atom stereocenters. The van der Waals surface area contributed by atoms with Crippen molar-refractivity contribution in [1.29, 1.82) is 0 Å². The highest BCUT2D eigenvalue weighted by Crippen LogP contribution is 2.03. The number of carbonyl (C=O) groups excluding carboxylic acids is 1. The van der Waals surface area contributed by atoms with Crippen molar-refractivity contribution in [1.82, 2.24) is 20.0 Å². The normalized spacial score (nSPS) is 12.0. The molecule has 0 aliphatic rings. The van der Waals surface area contributed by atoms with Crippen LogP contribution in [0.3, 0.4) is 0 Å². The van der Waals surface area contributed by atoms with E-state index in [1.165, 1.54) is 4.90 Å². The molecule has 1 aromatic heterocycles. The number of aryl methyl sites for hydroxylation is 1. The number of carbonyl (C=O) groups is 2. The van der Waals surface area contributed by atoms with Crippen LogP contribution in [0.4, 0.5) is 4.79 Å². The number of hydrogen-bond acceptors (Lipinski definition) is 4. The predicted octanol–water partition coefficient (Wildman–Crippen LogP) is 0.441. The SMILES string of the molecule is COCCCC(NC(=O)N(C)Cc1cnn(C)c1)C(=O)O. The fourth-order valence-electron chi connectivity index (χ4n) is 1.85. The first kappa shape index (κ1) is 17.0. The molecule has 2 N–H and O–H groups in total. The van der Waals surface area contributed by atoms with Crippen molar-refractivity contribution < 1.29 is 19.4 Å². The standard InChI is InChI=1S/C13H22N4O4/c1-16(8-10-7-14-17(2)9-10)13(20)15-11(12(18)19)5-4-6-21-3/h7,9,11H,4-6,8H2,1-3H3,(H,15,20)(H,18,19). The van der Waals surface area contributed by atoms with E-state index in [1.807, 2.05) is 0 Å². The molecule has 8 nitrogen and oxygen atoms in total. The lowest BCUT2D eigenvalue weighted by Crippen LogP contribution is -2.46. The highest BCUT2D eigenvalue weighted by Gasteiger charge is 2.21. The molecular formula is C13H22N4O4. The Balaban J connectivity index is 2.49. The summed E-state index contributed by atoms with van der Waals surface area (Å²) in [6.07, 6.45) is 4.36. The number of carboxylic acid groups (broad SMARTS) is 1. The lowest BCUT2D eigenvalue weighted by Gasteiger charge is -2.21. The Morgan fingerprint density at radius 1 is 1.57 bits per heavy atom. The number of carboxylic acids is 1. The van der Waals surface area contributed by atoms with Crippen molar-refractivity contribution in [2.24, 2.45) is 7.05 Å². The highest BCUT2D eigenvalue weighted by molar-refractivity contribution is 5.82. The molecule has 0 saturated carbocycles. The van der Waals surface area contributed by atoms with Gasteiger partial charge in [-0.05, 0) is 12.8 Å². The summed E-state index contributed by atoms with van der Waals surface area (Å²) in [5.74, 6) is -1.05. The van der Waals surface area contributed by atoms with Gasteiger partial charge < -0.3 is 20.1 Å². The van der Waals surface area contributed by atoms with E-state index in [1.54, 1.807) is 38.3 Å². The Labute approximate surface area is 123 Å². The van der Waals surface area contributed by atoms with Crippen molar-refractivity contribution in [3.8, 4) is 0 Å². The minimum Gasteiger partial charge on any atom is -0.480 e. The van der Waals surface area contributed by atoms with E-state index in [0.29, 0.717) is 26.0 Å². The zero-order valence-electron chi connectivity index (χ0n) is 12.6. The van der Waals surface area contributed by atoms with Crippen molar-refractivity contribution in [2.75, 3.05) is 20.8 Å². The summed E-state index contributed by atoms with van der Waals surface area (Å²) in [6.45, 7) is 0.829. The Hall–Kier alpha value is -2.09. The molecule has 0 saturated heterocycles. The number of hydrogen-bond donors (Lipinski definition) is 2. The molecule has 21 heavy (non-hydrogen) atoms. The van der Waals surface area contributed by atoms with Crippen LogP contribution in [0.15, 0.2) is 12.4 Å². The Morgan fingerprint density at radius 2 is 2.29 bits per heavy atom. The molecule has 0 radical (unpaired) electrons. The first-order chi connectivity index (χ1) is 9.93. The highest BCUT2D eigenvalue weighted by atomic mass is 16.5. The number of nitrogens with zero attached hydrogens (tertiary/aromatic N) is 3. The topological polar surface area (TPSA) is 96.7 Å². The number of aliphatic carboxylic acids is 1. The average molecular weight is 298 g/mol. The molecule has 0 aliphatic carbocycles. The summed E-state index contributed by atoms with van der Waals surface area (Å²) in [4.78, 5) is 24.5. The van der Waals surface area contributed by atoms with Crippen molar-refractivity contribution in [2.45, 2.75) is 25.4 Å². The van der Waals surface area contributed by atoms with Crippen LogP contribution in [0.5, 0.6) is 0 Å². The number of rotatable bonds is 8. The molecule has 0 fully saturated rings. The van der Waals surface area contributed by atoms with Gasteiger partial charge >= 0.3 is 12.0 Å². The van der Waals surface area contributed by atoms with Crippen molar-refractivity contribution in [3.63, 3.8) is 0 Å². The zero-order valence-corrected chi connectivity index (χ0v) is 12.6. The number of ether oxygens (including phenoxy) is 1. The fourth-order valence-corrected chi connectivity index (χ4v) is 1.85. The molecule has 1 rings (SSSR count). The summed E-state index contributed by atoms with van der Waals surface area (Å²) in [5, 5.41) is 15.6. The number of urea groups is 1. The van der Waals surface area contributed by atoms with Gasteiger partial charge in [0.2, 0.25) is 0 Å². The minimum absolute atomic E-state index is 0.329. The molecule has 0 aromatic carbocycles. The van der Waals surface area contributed by atoms with Gasteiger partial charge in [0, 0.05) is 39.6 Å². The van der Waals surface area contributed by atoms with E-state index in [-0.39, 0.29) is 0 Å². The summed E-state index contributed by atoms with van der Waals surface area (Å²) < 4.78 is 6.53. The van der Waals surface area contributed by atoms with Crippen LogP contribution in [-0.2, 0) is 23.1 Å². The molecule has 1 heterocycles. The van der Waals surface area contributed by atoms with Crippen LogP contribution >= 0.6 is 0 Å². The van der Waals surface area contributed by atoms with E-state index >= 15 is 0 Å². The lowest BCUT2D eigenvalue weighted by molar-refractivity contribution is -0.139. The van der Waals surface area contributed by atoms with E-state index in [9.17, 15) is 9.59 Å². The summed E-state index contributed by atoms with van der Waals surface area (Å²) >= 11 is 0. The predicted molar refractivity (Wildman–Crippen MR) is 75.7 cm³/mol. The first-order valence-corrected chi connectivity index (χ1v) is 6.65. The monoisotopic (exact) mass is 298 g/mol. The third kappa shape index (κ3) is 5.82. The van der Waals surface area contributed by atoms with Crippen LogP contribution < -0.4 is 5.32 Å². The zero-order chi connectivity index (χ0) is 15.8. The first-order valence-electron chi connectivity index (χ1n) is 6.65. The van der Waals surface area contributed by atoms with Crippen LogP contribution in [0.1, 0.15) is 18.4 Å². The van der Waals surface area contributed by atoms with Gasteiger partial charge in [-0.25, -0.2) is 9.59 Å². The van der Waals surface area contributed by atoms with Crippen molar-refractivity contribution >= 4 is 12.0 Å². The minimum atomic E-state index is -1.05. The smallest absolute Gasteiger partial charge is 0.326 e. The van der Waals surface area contributed by atoms with Gasteiger partial charge in [0.15, 0.2) is 0 Å². The molecule has 8 heteroatoms. The fraction of sp³-hybridized carbons (Fsp3) is 0.615. The maximum atomic E-state index is 12.0. The summed E-state index contributed by atoms with van der Waals surface area (Å²) in [5.41, 5.74) is 0.876. The van der Waals surface area contributed by atoms with Crippen LogP contribution in [0.2, 0.25) is 0 Å². The molecule has 118 valence electrons. The van der Waals surface area contributed by atoms with E-state index < -0.39 is 18.0 Å². The maximum Gasteiger partial charge on any atom is 0.326 e. The molecule has 0 aliphatic heterocycles. The van der Waals surface area contributed by atoms with Gasteiger partial charge in [0.1, 0.15) is 6.04 Å². The molecule has 0 bridgehead atoms. The summed E-state index contributed by atoms with van der Waals surface area (Å²) in [6, 6.07) is -1.34. The van der Waals surface area contributed by atoms with Crippen LogP contribution in [0, 0.1) is 0 Å². The Morgan fingerprint density at radius 3 is 2.81 bits per heavy atom. The summed E-state index contributed by atoms with van der Waals surface area (Å²) in [7, 11) is 4.95. The molecule has 2 amide bonds. The number of aromatic nitrogens is 2. The number of amides is 2. The second-order valence-corrected chi connectivity index (χ2v) is 4.85. The van der Waals surface area contributed by atoms with Gasteiger partial charge in [-0.2, -0.15) is 5.10 Å². The van der Waals surface area contributed by atoms with Crippen LogP contribution in [0.25, 0.3) is 0 Å². The van der Waals surface area contributed by atoms with E-state index in [2.05, 4.69) is 10.4 Å². The second kappa shape index (κ2) is 8.25. The van der Waals surface area contributed by atoms with Gasteiger partial charge in [-0.3, -0.25) is 4.68 Å². The van der Waals surface area contributed by atoms with Gasteiger partial charge in [-0.15, -0.1) is 0 Å². The van der Waals surface area contributed by atoms with Gasteiger partial charge in [0.25, 0.3) is 0 Å². The third-order valence-electron chi connectivity index (χ3n) is 2.96. The number of nitrogens with one attached hydrogen (secondary N) is 1. The molecule has 0 spiro atoms.